The molecule has 3 rings (SSSR count). The van der Waals surface area contributed by atoms with Crippen molar-refractivity contribution in [1.29, 1.82) is 0 Å². The van der Waals surface area contributed by atoms with Gasteiger partial charge in [-0.15, -0.1) is 11.3 Å². The second-order valence-electron chi connectivity index (χ2n) is 6.66. The van der Waals surface area contributed by atoms with Crippen LogP contribution >= 0.6 is 11.3 Å². The van der Waals surface area contributed by atoms with Crippen LogP contribution in [0.25, 0.3) is 10.2 Å². The standard InChI is InChI=1S/C17H21N3O4S/c1-9-4-3-5-11(6-9)24-12(21)7-20-8-19-16-13(17(20)23)10(2)14(25-16)15(18)22/h8-9,11H,3-7H2,1-2H3,(H2,18,22)/t9-,11+/m0/s1. The number of hydrogen-bond donors (Lipinski definition) is 1. The van der Waals surface area contributed by atoms with Crippen molar-refractivity contribution in [3.8, 4) is 0 Å². The molecule has 2 heterocycles. The van der Waals surface area contributed by atoms with Crippen molar-refractivity contribution in [2.75, 3.05) is 0 Å². The van der Waals surface area contributed by atoms with Gasteiger partial charge in [-0.1, -0.05) is 13.3 Å². The maximum Gasteiger partial charge on any atom is 0.326 e. The fraction of sp³-hybridized carbons (Fsp3) is 0.529. The van der Waals surface area contributed by atoms with Crippen molar-refractivity contribution in [3.05, 3.63) is 27.1 Å². The number of carbonyl (C=O) groups excluding carboxylic acids is 2. The molecule has 7 nitrogen and oxygen atoms in total. The second kappa shape index (κ2) is 6.95. The molecule has 2 atom stereocenters. The third-order valence-electron chi connectivity index (χ3n) is 4.63. The zero-order valence-corrected chi connectivity index (χ0v) is 15.1. The fourth-order valence-electron chi connectivity index (χ4n) is 3.35. The quantitative estimate of drug-likeness (QED) is 0.837. The summed E-state index contributed by atoms with van der Waals surface area (Å²) in [6.45, 7) is 3.62. The average molecular weight is 363 g/mol. The fourth-order valence-corrected chi connectivity index (χ4v) is 4.35. The molecule has 0 aromatic carbocycles. The molecule has 0 bridgehead atoms. The van der Waals surface area contributed by atoms with Gasteiger partial charge in [-0.3, -0.25) is 19.0 Å². The highest BCUT2D eigenvalue weighted by molar-refractivity contribution is 7.20. The molecule has 0 aliphatic heterocycles. The zero-order valence-electron chi connectivity index (χ0n) is 14.3. The lowest BCUT2D eigenvalue weighted by Crippen LogP contribution is -2.30. The van der Waals surface area contributed by atoms with Gasteiger partial charge in [0.05, 0.1) is 16.6 Å². The molecule has 1 aliphatic carbocycles. The number of carbonyl (C=O) groups is 2. The van der Waals surface area contributed by atoms with Crippen LogP contribution in [0.5, 0.6) is 0 Å². The Kier molecular flexibility index (Phi) is 4.89. The highest BCUT2D eigenvalue weighted by atomic mass is 32.1. The molecule has 2 aromatic rings. The smallest absolute Gasteiger partial charge is 0.326 e. The molecule has 2 N–H and O–H groups in total. The van der Waals surface area contributed by atoms with E-state index in [9.17, 15) is 14.4 Å². The molecule has 25 heavy (non-hydrogen) atoms. The van der Waals surface area contributed by atoms with E-state index < -0.39 is 11.9 Å². The minimum atomic E-state index is -0.586. The number of aryl methyl sites for hydroxylation is 1. The summed E-state index contributed by atoms with van der Waals surface area (Å²) in [5, 5.41) is 0.334. The van der Waals surface area contributed by atoms with Gasteiger partial charge in [0.25, 0.3) is 11.5 Å². The van der Waals surface area contributed by atoms with Gasteiger partial charge >= 0.3 is 5.97 Å². The Morgan fingerprint density at radius 2 is 2.20 bits per heavy atom. The third kappa shape index (κ3) is 3.58. The molecular formula is C17H21N3O4S. The van der Waals surface area contributed by atoms with E-state index >= 15 is 0 Å². The summed E-state index contributed by atoms with van der Waals surface area (Å²) in [4.78, 5) is 41.2. The number of nitrogens with two attached hydrogens (primary N) is 1. The molecule has 0 spiro atoms. The summed E-state index contributed by atoms with van der Waals surface area (Å²) in [7, 11) is 0. The van der Waals surface area contributed by atoms with Crippen LogP contribution in [-0.2, 0) is 16.1 Å². The van der Waals surface area contributed by atoms with Gasteiger partial charge in [0.1, 0.15) is 17.5 Å². The van der Waals surface area contributed by atoms with Crippen LogP contribution < -0.4 is 11.3 Å². The molecule has 1 aliphatic rings. The normalized spacial score (nSPS) is 20.6. The number of ether oxygens (including phenoxy) is 1. The van der Waals surface area contributed by atoms with E-state index in [1.165, 1.54) is 10.9 Å². The van der Waals surface area contributed by atoms with Crippen LogP contribution in [0.2, 0.25) is 0 Å². The molecule has 1 fully saturated rings. The Bertz CT molecular complexity index is 886. The SMILES string of the molecule is Cc1c(C(N)=O)sc2ncn(CC(=O)O[C@@H]3CCC[C@H](C)C3)c(=O)c12. The van der Waals surface area contributed by atoms with Crippen LogP contribution in [0.1, 0.15) is 47.8 Å². The van der Waals surface area contributed by atoms with Crippen LogP contribution in [0.15, 0.2) is 11.1 Å². The van der Waals surface area contributed by atoms with E-state index in [2.05, 4.69) is 11.9 Å². The van der Waals surface area contributed by atoms with Crippen LogP contribution in [0, 0.1) is 12.8 Å². The molecule has 1 saturated carbocycles. The largest absolute Gasteiger partial charge is 0.461 e. The van der Waals surface area contributed by atoms with Gasteiger partial charge in [0.2, 0.25) is 0 Å². The lowest BCUT2D eigenvalue weighted by Gasteiger charge is -2.26. The molecule has 8 heteroatoms. The maximum absolute atomic E-state index is 12.6. The summed E-state index contributed by atoms with van der Waals surface area (Å²) in [5.74, 6) is -0.476. The van der Waals surface area contributed by atoms with Gasteiger partial charge in [-0.25, -0.2) is 4.98 Å². The summed E-state index contributed by atoms with van der Waals surface area (Å²) in [6, 6.07) is 0. The number of amides is 1. The predicted molar refractivity (Wildman–Crippen MR) is 94.6 cm³/mol. The Labute approximate surface area is 148 Å². The van der Waals surface area contributed by atoms with E-state index in [1.54, 1.807) is 6.92 Å². The Balaban J connectivity index is 1.80. The van der Waals surface area contributed by atoms with E-state index in [4.69, 9.17) is 10.5 Å². The summed E-state index contributed by atoms with van der Waals surface area (Å²) >= 11 is 1.09. The van der Waals surface area contributed by atoms with Gasteiger partial charge in [0.15, 0.2) is 0 Å². The Hall–Kier alpha value is -2.22. The molecule has 1 amide bonds. The van der Waals surface area contributed by atoms with E-state index in [1.807, 2.05) is 0 Å². The number of primary amides is 1. The first kappa shape index (κ1) is 17.6. The lowest BCUT2D eigenvalue weighted by atomic mass is 9.89. The van der Waals surface area contributed by atoms with Crippen molar-refractivity contribution < 1.29 is 14.3 Å². The summed E-state index contributed by atoms with van der Waals surface area (Å²) in [5.41, 5.74) is 5.47. The first-order chi connectivity index (χ1) is 11.9. The third-order valence-corrected chi connectivity index (χ3v) is 5.84. The molecule has 2 aromatic heterocycles. The van der Waals surface area contributed by atoms with Gasteiger partial charge in [0, 0.05) is 0 Å². The highest BCUT2D eigenvalue weighted by Crippen LogP contribution is 2.27. The van der Waals surface area contributed by atoms with Gasteiger partial charge in [-0.05, 0) is 37.7 Å². The molecule has 0 radical (unpaired) electrons. The zero-order chi connectivity index (χ0) is 18.1. The topological polar surface area (TPSA) is 104 Å². The maximum atomic E-state index is 12.6. The lowest BCUT2D eigenvalue weighted by molar-refractivity contribution is -0.152. The van der Waals surface area contributed by atoms with Crippen LogP contribution in [0.3, 0.4) is 0 Å². The number of aromatic nitrogens is 2. The summed E-state index contributed by atoms with van der Waals surface area (Å²) < 4.78 is 6.73. The van der Waals surface area contributed by atoms with Crippen molar-refractivity contribution in [2.45, 2.75) is 52.2 Å². The minimum absolute atomic E-state index is 0.0759. The van der Waals surface area contributed by atoms with Gasteiger partial charge < -0.3 is 10.5 Å². The van der Waals surface area contributed by atoms with E-state index in [0.717, 1.165) is 37.0 Å². The van der Waals surface area contributed by atoms with Crippen molar-refractivity contribution in [3.63, 3.8) is 0 Å². The minimum Gasteiger partial charge on any atom is -0.461 e. The number of esters is 1. The number of thiophene rings is 1. The monoisotopic (exact) mass is 363 g/mol. The molecular weight excluding hydrogens is 342 g/mol. The number of hydrogen-bond acceptors (Lipinski definition) is 6. The first-order valence-corrected chi connectivity index (χ1v) is 9.16. The molecule has 0 saturated heterocycles. The number of nitrogens with zero attached hydrogens (tertiary/aromatic N) is 2. The average Bonchev–Trinajstić information content (AvgIpc) is 2.88. The van der Waals surface area contributed by atoms with Crippen LogP contribution in [0.4, 0.5) is 0 Å². The van der Waals surface area contributed by atoms with Crippen molar-refractivity contribution in [1.82, 2.24) is 9.55 Å². The van der Waals surface area contributed by atoms with Crippen molar-refractivity contribution in [2.24, 2.45) is 11.7 Å². The van der Waals surface area contributed by atoms with E-state index in [0.29, 0.717) is 26.6 Å². The van der Waals surface area contributed by atoms with E-state index in [-0.39, 0.29) is 18.2 Å². The first-order valence-electron chi connectivity index (χ1n) is 8.34. The Morgan fingerprint density at radius 3 is 2.88 bits per heavy atom. The summed E-state index contributed by atoms with van der Waals surface area (Å²) in [6.07, 6.45) is 5.19. The number of rotatable bonds is 4. The molecule has 0 unspecified atom stereocenters. The van der Waals surface area contributed by atoms with Gasteiger partial charge in [-0.2, -0.15) is 0 Å². The molecule has 134 valence electrons. The highest BCUT2D eigenvalue weighted by Gasteiger charge is 2.23. The van der Waals surface area contributed by atoms with Crippen molar-refractivity contribution >= 4 is 33.4 Å². The Morgan fingerprint density at radius 1 is 1.44 bits per heavy atom. The predicted octanol–water partition coefficient (Wildman–Crippen LogP) is 1.99. The number of fused-ring (bicyclic) bond motifs is 1. The van der Waals surface area contributed by atoms with Crippen LogP contribution in [-0.4, -0.2) is 27.5 Å². The second-order valence-corrected chi connectivity index (χ2v) is 7.66.